The van der Waals surface area contributed by atoms with E-state index in [9.17, 15) is 4.79 Å². The van der Waals surface area contributed by atoms with Crippen molar-refractivity contribution in [3.8, 4) is 5.75 Å². The van der Waals surface area contributed by atoms with E-state index in [1.807, 2.05) is 36.2 Å². The van der Waals surface area contributed by atoms with Crippen molar-refractivity contribution in [2.45, 2.75) is 18.9 Å². The summed E-state index contributed by atoms with van der Waals surface area (Å²) < 4.78 is 5.30. The number of carbonyl (C=O) groups is 1. The molecule has 1 aromatic carbocycles. The van der Waals surface area contributed by atoms with Gasteiger partial charge in [0.1, 0.15) is 5.75 Å². The number of para-hydroxylation sites is 2. The quantitative estimate of drug-likeness (QED) is 0.859. The van der Waals surface area contributed by atoms with Crippen LogP contribution >= 0.6 is 0 Å². The molecule has 17 heavy (non-hydrogen) atoms. The average molecular weight is 234 g/mol. The third kappa shape index (κ3) is 2.26. The summed E-state index contributed by atoms with van der Waals surface area (Å²) >= 11 is 0. The molecule has 0 saturated carbocycles. The number of benzene rings is 1. The predicted octanol–water partition coefficient (Wildman–Crippen LogP) is 1.41. The fourth-order valence-corrected chi connectivity index (χ4v) is 2.24. The Morgan fingerprint density at radius 3 is 2.88 bits per heavy atom. The molecule has 2 rings (SSSR count). The molecule has 4 heteroatoms. The van der Waals surface area contributed by atoms with Crippen molar-refractivity contribution in [2.75, 3.05) is 25.6 Å². The Morgan fingerprint density at radius 2 is 2.18 bits per heavy atom. The van der Waals surface area contributed by atoms with Gasteiger partial charge in [0.25, 0.3) is 0 Å². The second-order valence-electron chi connectivity index (χ2n) is 4.15. The van der Waals surface area contributed by atoms with Gasteiger partial charge in [-0.25, -0.2) is 0 Å². The molecule has 4 nitrogen and oxygen atoms in total. The van der Waals surface area contributed by atoms with Gasteiger partial charge in [0.05, 0.1) is 18.8 Å². The third-order valence-electron chi connectivity index (χ3n) is 3.16. The van der Waals surface area contributed by atoms with Crippen LogP contribution in [0, 0.1) is 0 Å². The van der Waals surface area contributed by atoms with Gasteiger partial charge < -0.3 is 15.0 Å². The molecule has 1 heterocycles. The lowest BCUT2D eigenvalue weighted by Crippen LogP contribution is -2.49. The smallest absolute Gasteiger partial charge is 0.244 e. The largest absolute Gasteiger partial charge is 0.495 e. The summed E-state index contributed by atoms with van der Waals surface area (Å²) in [5, 5.41) is 3.06. The first-order valence-corrected chi connectivity index (χ1v) is 5.89. The average Bonchev–Trinajstić information content (AvgIpc) is 2.39. The van der Waals surface area contributed by atoms with E-state index in [0.717, 1.165) is 30.8 Å². The summed E-state index contributed by atoms with van der Waals surface area (Å²) in [4.78, 5) is 14.0. The second-order valence-corrected chi connectivity index (χ2v) is 4.15. The van der Waals surface area contributed by atoms with Crippen LogP contribution in [0.1, 0.15) is 12.8 Å². The third-order valence-corrected chi connectivity index (χ3v) is 3.16. The summed E-state index contributed by atoms with van der Waals surface area (Å²) in [6.07, 6.45) is 1.91. The summed E-state index contributed by atoms with van der Waals surface area (Å²) in [6, 6.07) is 7.56. The van der Waals surface area contributed by atoms with Crippen molar-refractivity contribution in [1.29, 1.82) is 0 Å². The molecule has 1 amide bonds. The molecule has 1 aliphatic rings. The lowest BCUT2D eigenvalue weighted by atomic mass is 10.0. The van der Waals surface area contributed by atoms with Gasteiger partial charge in [0.2, 0.25) is 5.91 Å². The number of carbonyl (C=O) groups excluding carboxylic acids is 1. The van der Waals surface area contributed by atoms with E-state index in [1.165, 1.54) is 0 Å². The molecule has 0 spiro atoms. The molecule has 1 atom stereocenters. The number of amides is 1. The zero-order chi connectivity index (χ0) is 12.3. The molecule has 92 valence electrons. The SMILES string of the molecule is CNC1CCCN(c2ccccc2OC)C1=O. The summed E-state index contributed by atoms with van der Waals surface area (Å²) in [5.74, 6) is 0.876. The van der Waals surface area contributed by atoms with Crippen molar-refractivity contribution in [2.24, 2.45) is 0 Å². The van der Waals surface area contributed by atoms with Gasteiger partial charge in [-0.3, -0.25) is 4.79 Å². The first-order valence-electron chi connectivity index (χ1n) is 5.89. The zero-order valence-corrected chi connectivity index (χ0v) is 10.3. The predicted molar refractivity (Wildman–Crippen MR) is 67.4 cm³/mol. The molecule has 0 aliphatic carbocycles. The minimum atomic E-state index is -0.0753. The summed E-state index contributed by atoms with van der Waals surface area (Å²) in [5.41, 5.74) is 0.861. The van der Waals surface area contributed by atoms with E-state index in [2.05, 4.69) is 5.32 Å². The Hall–Kier alpha value is -1.55. The molecule has 1 fully saturated rings. The van der Waals surface area contributed by atoms with Crippen LogP contribution < -0.4 is 15.0 Å². The van der Waals surface area contributed by atoms with E-state index in [-0.39, 0.29) is 11.9 Å². The van der Waals surface area contributed by atoms with Gasteiger partial charge in [0.15, 0.2) is 0 Å². The highest BCUT2D eigenvalue weighted by Crippen LogP contribution is 2.30. The lowest BCUT2D eigenvalue weighted by Gasteiger charge is -2.32. The number of rotatable bonds is 3. The highest BCUT2D eigenvalue weighted by molar-refractivity contribution is 5.99. The Labute approximate surface area is 102 Å². The standard InChI is InChI=1S/C13H18N2O2/c1-14-10-6-5-9-15(13(10)16)11-7-3-4-8-12(11)17-2/h3-4,7-8,10,14H,5-6,9H2,1-2H3. The Morgan fingerprint density at radius 1 is 1.41 bits per heavy atom. The van der Waals surface area contributed by atoms with E-state index in [4.69, 9.17) is 4.74 Å². The molecule has 0 aromatic heterocycles. The highest BCUT2D eigenvalue weighted by atomic mass is 16.5. The first-order chi connectivity index (χ1) is 8.27. The van der Waals surface area contributed by atoms with Crippen LogP contribution in [0.3, 0.4) is 0 Å². The van der Waals surface area contributed by atoms with Gasteiger partial charge in [-0.2, -0.15) is 0 Å². The number of hydrogen-bond donors (Lipinski definition) is 1. The maximum atomic E-state index is 12.2. The van der Waals surface area contributed by atoms with Crippen LogP contribution in [0.2, 0.25) is 0 Å². The van der Waals surface area contributed by atoms with E-state index >= 15 is 0 Å². The van der Waals surface area contributed by atoms with Crippen LogP contribution in [-0.2, 0) is 4.79 Å². The van der Waals surface area contributed by atoms with Gasteiger partial charge in [0, 0.05) is 6.54 Å². The van der Waals surface area contributed by atoms with Crippen molar-refractivity contribution >= 4 is 11.6 Å². The van der Waals surface area contributed by atoms with Crippen molar-refractivity contribution < 1.29 is 9.53 Å². The lowest BCUT2D eigenvalue weighted by molar-refractivity contribution is -0.121. The normalized spacial score (nSPS) is 20.5. The van der Waals surface area contributed by atoms with Gasteiger partial charge in [-0.15, -0.1) is 0 Å². The van der Waals surface area contributed by atoms with Crippen LogP contribution in [-0.4, -0.2) is 32.7 Å². The summed E-state index contributed by atoms with van der Waals surface area (Å²) in [7, 11) is 3.46. The minimum Gasteiger partial charge on any atom is -0.495 e. The first kappa shape index (κ1) is 11.9. The highest BCUT2D eigenvalue weighted by Gasteiger charge is 2.29. The maximum Gasteiger partial charge on any atom is 0.244 e. The molecule has 1 aliphatic heterocycles. The molecule has 0 radical (unpaired) electrons. The van der Waals surface area contributed by atoms with Gasteiger partial charge >= 0.3 is 0 Å². The fourth-order valence-electron chi connectivity index (χ4n) is 2.24. The Bertz CT molecular complexity index is 406. The number of nitrogens with one attached hydrogen (secondary N) is 1. The van der Waals surface area contributed by atoms with Crippen molar-refractivity contribution in [3.05, 3.63) is 24.3 Å². The number of nitrogens with zero attached hydrogens (tertiary/aromatic N) is 1. The summed E-state index contributed by atoms with van der Waals surface area (Å²) in [6.45, 7) is 0.761. The minimum absolute atomic E-state index is 0.0753. The molecule has 1 unspecified atom stereocenters. The van der Waals surface area contributed by atoms with E-state index in [0.29, 0.717) is 0 Å². The number of likely N-dealkylation sites (N-methyl/N-ethyl adjacent to an activating group) is 1. The molecule has 1 saturated heterocycles. The number of hydrogen-bond acceptors (Lipinski definition) is 3. The van der Waals surface area contributed by atoms with Crippen LogP contribution in [0.25, 0.3) is 0 Å². The Kier molecular flexibility index (Phi) is 3.64. The van der Waals surface area contributed by atoms with Gasteiger partial charge in [-0.05, 0) is 32.0 Å². The number of piperidine rings is 1. The zero-order valence-electron chi connectivity index (χ0n) is 10.3. The van der Waals surface area contributed by atoms with Crippen LogP contribution in [0.5, 0.6) is 5.75 Å². The fraction of sp³-hybridized carbons (Fsp3) is 0.462. The number of anilines is 1. The number of ether oxygens (including phenoxy) is 1. The van der Waals surface area contributed by atoms with Crippen LogP contribution in [0.4, 0.5) is 5.69 Å². The van der Waals surface area contributed by atoms with Crippen molar-refractivity contribution in [1.82, 2.24) is 5.32 Å². The van der Waals surface area contributed by atoms with Crippen molar-refractivity contribution in [3.63, 3.8) is 0 Å². The monoisotopic (exact) mass is 234 g/mol. The second kappa shape index (κ2) is 5.19. The topological polar surface area (TPSA) is 41.6 Å². The van der Waals surface area contributed by atoms with E-state index < -0.39 is 0 Å². The molecule has 1 aromatic rings. The van der Waals surface area contributed by atoms with Crippen LogP contribution in [0.15, 0.2) is 24.3 Å². The van der Waals surface area contributed by atoms with Gasteiger partial charge in [-0.1, -0.05) is 12.1 Å². The number of methoxy groups -OCH3 is 1. The maximum absolute atomic E-state index is 12.2. The molecular weight excluding hydrogens is 216 g/mol. The molecule has 0 bridgehead atoms. The molecule has 1 N–H and O–H groups in total. The van der Waals surface area contributed by atoms with E-state index in [1.54, 1.807) is 7.11 Å². The molecular formula is C13H18N2O2. The Balaban J connectivity index is 2.29.